The Kier molecular flexibility index (Phi) is 6.29. The normalized spacial score (nSPS) is 19.6. The summed E-state index contributed by atoms with van der Waals surface area (Å²) in [5.74, 6) is 1.06. The van der Waals surface area contributed by atoms with E-state index in [0.717, 1.165) is 49.1 Å². The zero-order valence-corrected chi connectivity index (χ0v) is 24.3. The van der Waals surface area contributed by atoms with E-state index >= 15 is 0 Å². The lowest BCUT2D eigenvalue weighted by Gasteiger charge is -2.30. The van der Waals surface area contributed by atoms with E-state index < -0.39 is 11.5 Å². The van der Waals surface area contributed by atoms with Crippen LogP contribution in [-0.2, 0) is 23.7 Å². The third-order valence-electron chi connectivity index (χ3n) is 9.74. The first-order valence-electron chi connectivity index (χ1n) is 14.9. The molecule has 4 aromatic rings. The molecule has 7 rings (SSSR count). The second-order valence-corrected chi connectivity index (χ2v) is 12.8. The lowest BCUT2D eigenvalue weighted by atomic mass is 9.82. The molecule has 2 saturated carbocycles. The minimum atomic E-state index is -0.738. The molecule has 2 heterocycles. The quantitative estimate of drug-likeness (QED) is 0.302. The van der Waals surface area contributed by atoms with Crippen molar-refractivity contribution >= 4 is 17.5 Å². The van der Waals surface area contributed by atoms with Crippen LogP contribution in [0.3, 0.4) is 0 Å². The number of hydrogen-bond acceptors (Lipinski definition) is 6. The average molecular weight is 565 g/mol. The van der Waals surface area contributed by atoms with Crippen LogP contribution >= 0.6 is 0 Å². The van der Waals surface area contributed by atoms with Crippen molar-refractivity contribution in [2.24, 2.45) is 12.5 Å². The van der Waals surface area contributed by atoms with Gasteiger partial charge in [0.25, 0.3) is 5.91 Å². The summed E-state index contributed by atoms with van der Waals surface area (Å²) in [5.41, 5.74) is 4.02. The molecular weight excluding hydrogens is 528 g/mol. The first-order valence-corrected chi connectivity index (χ1v) is 14.9. The number of carbonyl (C=O) groups is 2. The molecule has 0 saturated heterocycles. The van der Waals surface area contributed by atoms with Gasteiger partial charge in [-0.15, -0.1) is 10.2 Å². The van der Waals surface area contributed by atoms with E-state index in [9.17, 15) is 9.59 Å². The third kappa shape index (κ3) is 4.51. The Balaban J connectivity index is 1.14. The highest BCUT2D eigenvalue weighted by Gasteiger charge is 2.58. The van der Waals surface area contributed by atoms with Crippen molar-refractivity contribution in [1.29, 1.82) is 0 Å². The molecule has 0 radical (unpaired) electrons. The lowest BCUT2D eigenvalue weighted by molar-refractivity contribution is -0.118. The zero-order valence-electron chi connectivity index (χ0n) is 24.3. The van der Waals surface area contributed by atoms with Gasteiger partial charge in [0, 0.05) is 30.8 Å². The summed E-state index contributed by atoms with van der Waals surface area (Å²) in [5, 5.41) is 19.0. The van der Waals surface area contributed by atoms with E-state index in [4.69, 9.17) is 4.42 Å². The van der Waals surface area contributed by atoms with Crippen LogP contribution < -0.4 is 10.6 Å². The van der Waals surface area contributed by atoms with Crippen LogP contribution in [0.2, 0.25) is 0 Å². The molecule has 3 aliphatic rings. The van der Waals surface area contributed by atoms with E-state index in [1.54, 1.807) is 19.3 Å². The standard InChI is InChI=1S/C33H36N6O3/c1-32(2,31-38-37-30(42-31)20-8-6-9-20)22-11-13-23(14-12-22)35-29(41)27(36-28(40)25-15-18-34-39(25)3)26-24-10-5-4-7-21(24)19-33(26)16-17-33/h4-5,7,10-15,18,20,26-27H,6,8-9,16-17,19H2,1-3H3,(H,35,41)(H,36,40)/t26?,27-/m0/s1. The molecule has 9 nitrogen and oxygen atoms in total. The monoisotopic (exact) mass is 564 g/mol. The van der Waals surface area contributed by atoms with Crippen molar-refractivity contribution in [1.82, 2.24) is 25.3 Å². The zero-order chi connectivity index (χ0) is 29.1. The molecule has 42 heavy (non-hydrogen) atoms. The predicted molar refractivity (Wildman–Crippen MR) is 157 cm³/mol. The van der Waals surface area contributed by atoms with E-state index in [0.29, 0.717) is 23.2 Å². The Morgan fingerprint density at radius 3 is 2.48 bits per heavy atom. The van der Waals surface area contributed by atoms with Gasteiger partial charge in [0.15, 0.2) is 0 Å². The molecule has 2 atom stereocenters. The number of carbonyl (C=O) groups excluding carboxylic acids is 2. The van der Waals surface area contributed by atoms with Crippen LogP contribution in [0.15, 0.2) is 65.2 Å². The van der Waals surface area contributed by atoms with Gasteiger partial charge in [-0.05, 0) is 86.3 Å². The number of rotatable bonds is 8. The van der Waals surface area contributed by atoms with Crippen LogP contribution in [0, 0.1) is 5.41 Å². The molecule has 2 N–H and O–H groups in total. The summed E-state index contributed by atoms with van der Waals surface area (Å²) < 4.78 is 7.61. The largest absolute Gasteiger partial charge is 0.424 e. The maximum Gasteiger partial charge on any atom is 0.270 e. The summed E-state index contributed by atoms with van der Waals surface area (Å²) in [7, 11) is 1.72. The summed E-state index contributed by atoms with van der Waals surface area (Å²) in [6.45, 7) is 4.13. The molecule has 9 heteroatoms. The maximum absolute atomic E-state index is 14.0. The van der Waals surface area contributed by atoms with E-state index in [2.05, 4.69) is 51.9 Å². The summed E-state index contributed by atoms with van der Waals surface area (Å²) >= 11 is 0. The fourth-order valence-electron chi connectivity index (χ4n) is 6.73. The Morgan fingerprint density at radius 2 is 1.81 bits per heavy atom. The average Bonchev–Trinajstić information content (AvgIpc) is 3.26. The van der Waals surface area contributed by atoms with Gasteiger partial charge in [-0.25, -0.2) is 0 Å². The first kappa shape index (κ1) is 26.6. The van der Waals surface area contributed by atoms with Crippen LogP contribution in [-0.4, -0.2) is 37.8 Å². The molecule has 2 fully saturated rings. The van der Waals surface area contributed by atoms with E-state index in [1.165, 1.54) is 16.7 Å². The molecule has 1 spiro atoms. The van der Waals surface area contributed by atoms with Gasteiger partial charge < -0.3 is 15.1 Å². The van der Waals surface area contributed by atoms with Gasteiger partial charge in [0.1, 0.15) is 11.7 Å². The highest BCUT2D eigenvalue weighted by atomic mass is 16.4. The van der Waals surface area contributed by atoms with Crippen molar-refractivity contribution in [3.63, 3.8) is 0 Å². The van der Waals surface area contributed by atoms with Crippen molar-refractivity contribution < 1.29 is 14.0 Å². The minimum absolute atomic E-state index is 0.00171. The maximum atomic E-state index is 14.0. The Morgan fingerprint density at radius 1 is 1.05 bits per heavy atom. The smallest absolute Gasteiger partial charge is 0.270 e. The third-order valence-corrected chi connectivity index (χ3v) is 9.74. The van der Waals surface area contributed by atoms with Gasteiger partial charge in [-0.3, -0.25) is 14.3 Å². The van der Waals surface area contributed by atoms with Crippen LogP contribution in [0.5, 0.6) is 0 Å². The number of anilines is 1. The topological polar surface area (TPSA) is 115 Å². The van der Waals surface area contributed by atoms with Crippen molar-refractivity contribution in [3.8, 4) is 0 Å². The highest BCUT2D eigenvalue weighted by Crippen LogP contribution is 2.64. The Labute approximate surface area is 245 Å². The van der Waals surface area contributed by atoms with E-state index in [-0.39, 0.29) is 23.1 Å². The van der Waals surface area contributed by atoms with Crippen molar-refractivity contribution in [2.45, 2.75) is 75.7 Å². The Hall–Kier alpha value is -4.27. The van der Waals surface area contributed by atoms with Crippen molar-refractivity contribution in [3.05, 3.63) is 95.0 Å². The van der Waals surface area contributed by atoms with Gasteiger partial charge in [-0.2, -0.15) is 5.10 Å². The first-order chi connectivity index (χ1) is 20.2. The summed E-state index contributed by atoms with van der Waals surface area (Å²) in [6, 6.07) is 17.0. The van der Waals surface area contributed by atoms with Crippen LogP contribution in [0.4, 0.5) is 5.69 Å². The van der Waals surface area contributed by atoms with Gasteiger partial charge in [-0.1, -0.05) is 42.8 Å². The number of benzene rings is 2. The Bertz CT molecular complexity index is 1640. The number of nitrogens with one attached hydrogen (secondary N) is 2. The summed E-state index contributed by atoms with van der Waals surface area (Å²) in [4.78, 5) is 27.4. The number of fused-ring (bicyclic) bond motifs is 1. The number of hydrogen-bond donors (Lipinski definition) is 2. The van der Waals surface area contributed by atoms with Gasteiger partial charge >= 0.3 is 0 Å². The molecule has 2 amide bonds. The minimum Gasteiger partial charge on any atom is -0.424 e. The molecular formula is C33H36N6O3. The fourth-order valence-corrected chi connectivity index (χ4v) is 6.73. The molecule has 0 bridgehead atoms. The molecule has 216 valence electrons. The number of aryl methyl sites for hydroxylation is 1. The molecule has 2 aromatic heterocycles. The summed E-state index contributed by atoms with van der Waals surface area (Å²) in [6.07, 6.45) is 8.02. The van der Waals surface area contributed by atoms with Gasteiger partial charge in [0.2, 0.25) is 17.7 Å². The lowest BCUT2D eigenvalue weighted by Crippen LogP contribution is -2.49. The van der Waals surface area contributed by atoms with Crippen LogP contribution in [0.1, 0.15) is 96.7 Å². The molecule has 3 aliphatic carbocycles. The molecule has 2 aromatic carbocycles. The van der Waals surface area contributed by atoms with Gasteiger partial charge in [0.05, 0.1) is 5.41 Å². The van der Waals surface area contributed by atoms with Crippen LogP contribution in [0.25, 0.3) is 0 Å². The number of amides is 2. The number of nitrogens with zero attached hydrogens (tertiary/aromatic N) is 4. The second kappa shape index (κ2) is 9.93. The van der Waals surface area contributed by atoms with E-state index in [1.807, 2.05) is 36.4 Å². The second-order valence-electron chi connectivity index (χ2n) is 12.8. The SMILES string of the molecule is Cn1nccc1C(=O)N[C@H](C(=O)Nc1ccc(C(C)(C)c2nnc(C3CCC3)o2)cc1)C1c2ccccc2CC12CC2. The highest BCUT2D eigenvalue weighted by molar-refractivity contribution is 6.01. The fraction of sp³-hybridized carbons (Fsp3) is 0.424. The number of aromatic nitrogens is 4. The molecule has 0 aliphatic heterocycles. The van der Waals surface area contributed by atoms with Crippen molar-refractivity contribution in [2.75, 3.05) is 5.32 Å². The molecule has 1 unspecified atom stereocenters. The predicted octanol–water partition coefficient (Wildman–Crippen LogP) is 5.25.